The maximum absolute atomic E-state index is 12.1. The molecule has 3 atom stereocenters. The Balaban J connectivity index is 3.15. The molecule has 0 amide bonds. The van der Waals surface area contributed by atoms with E-state index in [9.17, 15) is 4.79 Å². The normalized spacial score (nSPS) is 37.8. The van der Waals surface area contributed by atoms with Crippen LogP contribution in [0.4, 0.5) is 0 Å². The summed E-state index contributed by atoms with van der Waals surface area (Å²) in [5.41, 5.74) is 4.05. The van der Waals surface area contributed by atoms with Gasteiger partial charge in [-0.2, -0.15) is 0 Å². The Hall–Kier alpha value is -0.610. The number of cyclic esters (lactones) is 1. The van der Waals surface area contributed by atoms with Gasteiger partial charge in [-0.25, -0.2) is 4.79 Å². The van der Waals surface area contributed by atoms with Gasteiger partial charge in [0.25, 0.3) is 0 Å². The summed E-state index contributed by atoms with van der Waals surface area (Å²) in [5, 5.41) is 0. The van der Waals surface area contributed by atoms with Gasteiger partial charge in [0, 0.05) is 12.3 Å². The van der Waals surface area contributed by atoms with Crippen LogP contribution in [-0.4, -0.2) is 22.9 Å². The fraction of sp³-hybridized carbons (Fsp3) is 0.923. The van der Waals surface area contributed by atoms with Crippen molar-refractivity contribution in [3.8, 4) is 0 Å². The Morgan fingerprint density at radius 3 is 2.00 bits per heavy atom. The Morgan fingerprint density at radius 1 is 1.24 bits per heavy atom. The Morgan fingerprint density at radius 2 is 1.71 bits per heavy atom. The van der Waals surface area contributed by atoms with Crippen LogP contribution in [0.5, 0.6) is 0 Å². The minimum atomic E-state index is -1.09. The average Bonchev–Trinajstić information content (AvgIpc) is 2.39. The molecule has 0 bridgehead atoms. The van der Waals surface area contributed by atoms with Crippen molar-refractivity contribution < 1.29 is 14.3 Å². The van der Waals surface area contributed by atoms with Crippen LogP contribution < -0.4 is 5.73 Å². The van der Waals surface area contributed by atoms with Gasteiger partial charge >= 0.3 is 5.97 Å². The number of nitrogens with two attached hydrogens (primary N) is 1. The first-order valence-corrected chi connectivity index (χ1v) is 6.12. The van der Waals surface area contributed by atoms with E-state index in [0.29, 0.717) is 6.42 Å². The van der Waals surface area contributed by atoms with Crippen molar-refractivity contribution in [3.63, 3.8) is 0 Å². The summed E-state index contributed by atoms with van der Waals surface area (Å²) in [6.45, 7) is 13.2. The van der Waals surface area contributed by atoms with Gasteiger partial charge < -0.3 is 15.2 Å². The standard InChI is InChI=1S/C13H25NO3/c1-8-11(5,14)12(6)9(15)16-13(7,17-12)10(2,3)4/h8,14H2,1-7H3/t11-,12-,13+/m0/s1. The van der Waals surface area contributed by atoms with E-state index in [1.165, 1.54) is 0 Å². The number of hydrogen-bond donors (Lipinski definition) is 1. The molecule has 1 aliphatic heterocycles. The highest BCUT2D eigenvalue weighted by atomic mass is 16.8. The highest BCUT2D eigenvalue weighted by molar-refractivity contribution is 5.83. The summed E-state index contributed by atoms with van der Waals surface area (Å²) >= 11 is 0. The van der Waals surface area contributed by atoms with E-state index >= 15 is 0 Å². The number of rotatable bonds is 2. The van der Waals surface area contributed by atoms with Crippen LogP contribution in [-0.2, 0) is 14.3 Å². The van der Waals surface area contributed by atoms with E-state index < -0.39 is 16.9 Å². The minimum absolute atomic E-state index is 0.301. The van der Waals surface area contributed by atoms with Crippen LogP contribution in [0.3, 0.4) is 0 Å². The molecule has 4 nitrogen and oxygen atoms in total. The fourth-order valence-corrected chi connectivity index (χ4v) is 1.72. The van der Waals surface area contributed by atoms with Crippen LogP contribution in [0.2, 0.25) is 0 Å². The van der Waals surface area contributed by atoms with Gasteiger partial charge in [-0.15, -0.1) is 0 Å². The summed E-state index contributed by atoms with van der Waals surface area (Å²) in [5.74, 6) is -1.31. The minimum Gasteiger partial charge on any atom is -0.431 e. The maximum Gasteiger partial charge on any atom is 0.342 e. The zero-order valence-corrected chi connectivity index (χ0v) is 12.0. The molecule has 1 rings (SSSR count). The zero-order valence-electron chi connectivity index (χ0n) is 12.0. The van der Waals surface area contributed by atoms with Crippen molar-refractivity contribution in [2.75, 3.05) is 0 Å². The number of hydrogen-bond acceptors (Lipinski definition) is 4. The smallest absolute Gasteiger partial charge is 0.342 e. The van der Waals surface area contributed by atoms with Gasteiger partial charge in [0.2, 0.25) is 5.79 Å². The molecule has 1 fully saturated rings. The molecule has 0 spiro atoms. The average molecular weight is 243 g/mol. The van der Waals surface area contributed by atoms with Crippen molar-refractivity contribution in [2.45, 2.75) is 71.8 Å². The SMILES string of the molecule is CC[C@](C)(N)[C@@]1(C)O[C@](C)(C(C)(C)C)OC1=O. The molecule has 100 valence electrons. The lowest BCUT2D eigenvalue weighted by Crippen LogP contribution is -2.61. The summed E-state index contributed by atoms with van der Waals surface area (Å²) in [6.07, 6.45) is 0.638. The van der Waals surface area contributed by atoms with Gasteiger partial charge in [-0.3, -0.25) is 0 Å². The first kappa shape index (κ1) is 14.5. The monoisotopic (exact) mass is 243 g/mol. The summed E-state index contributed by atoms with van der Waals surface area (Å²) < 4.78 is 11.4. The predicted molar refractivity (Wildman–Crippen MR) is 66.3 cm³/mol. The van der Waals surface area contributed by atoms with Gasteiger partial charge in [-0.1, -0.05) is 27.7 Å². The Kier molecular flexibility index (Phi) is 3.14. The van der Waals surface area contributed by atoms with E-state index in [1.807, 2.05) is 34.6 Å². The molecule has 0 unspecified atom stereocenters. The molecule has 0 aliphatic carbocycles. The van der Waals surface area contributed by atoms with E-state index in [2.05, 4.69) is 0 Å². The first-order valence-electron chi connectivity index (χ1n) is 6.12. The number of carbonyl (C=O) groups is 1. The summed E-state index contributed by atoms with van der Waals surface area (Å²) in [4.78, 5) is 12.1. The Bertz CT molecular complexity index is 332. The van der Waals surface area contributed by atoms with E-state index in [0.717, 1.165) is 0 Å². The zero-order chi connectivity index (χ0) is 13.7. The quantitative estimate of drug-likeness (QED) is 0.755. The van der Waals surface area contributed by atoms with Crippen molar-refractivity contribution in [1.29, 1.82) is 0 Å². The molecule has 1 saturated heterocycles. The molecule has 17 heavy (non-hydrogen) atoms. The van der Waals surface area contributed by atoms with Crippen LogP contribution in [0, 0.1) is 5.41 Å². The van der Waals surface area contributed by atoms with Crippen LogP contribution in [0.15, 0.2) is 0 Å². The highest BCUT2D eigenvalue weighted by Gasteiger charge is 2.63. The number of ether oxygens (including phenoxy) is 2. The lowest BCUT2D eigenvalue weighted by atomic mass is 9.81. The van der Waals surface area contributed by atoms with Crippen molar-refractivity contribution in [2.24, 2.45) is 11.1 Å². The van der Waals surface area contributed by atoms with Gasteiger partial charge in [0.1, 0.15) is 0 Å². The molecule has 1 heterocycles. The second-order valence-electron chi connectivity index (χ2n) is 6.49. The molecule has 0 saturated carbocycles. The van der Waals surface area contributed by atoms with Gasteiger partial charge in [0.05, 0.1) is 5.54 Å². The number of esters is 1. The molecule has 2 N–H and O–H groups in total. The third-order valence-corrected chi connectivity index (χ3v) is 4.26. The largest absolute Gasteiger partial charge is 0.431 e. The summed E-state index contributed by atoms with van der Waals surface area (Å²) in [7, 11) is 0. The number of carbonyl (C=O) groups excluding carboxylic acids is 1. The molecule has 0 radical (unpaired) electrons. The molecular weight excluding hydrogens is 218 g/mol. The molecule has 1 aliphatic rings. The second kappa shape index (κ2) is 3.69. The maximum atomic E-state index is 12.1. The Labute approximate surface area is 104 Å². The molecule has 0 aromatic heterocycles. The molecule has 0 aromatic rings. The lowest BCUT2D eigenvalue weighted by Gasteiger charge is -2.40. The van der Waals surface area contributed by atoms with E-state index in [-0.39, 0.29) is 11.4 Å². The lowest BCUT2D eigenvalue weighted by molar-refractivity contribution is -0.237. The van der Waals surface area contributed by atoms with Gasteiger partial charge in [-0.05, 0) is 20.3 Å². The van der Waals surface area contributed by atoms with Crippen LogP contribution >= 0.6 is 0 Å². The third-order valence-electron chi connectivity index (χ3n) is 4.26. The van der Waals surface area contributed by atoms with Crippen LogP contribution in [0.1, 0.15) is 54.9 Å². The first-order chi connectivity index (χ1) is 7.40. The highest BCUT2D eigenvalue weighted by Crippen LogP contribution is 2.47. The molecule has 4 heteroatoms. The van der Waals surface area contributed by atoms with Crippen molar-refractivity contribution >= 4 is 5.97 Å². The van der Waals surface area contributed by atoms with Crippen molar-refractivity contribution in [1.82, 2.24) is 0 Å². The van der Waals surface area contributed by atoms with Crippen molar-refractivity contribution in [3.05, 3.63) is 0 Å². The van der Waals surface area contributed by atoms with Gasteiger partial charge in [0.15, 0.2) is 5.60 Å². The van der Waals surface area contributed by atoms with E-state index in [4.69, 9.17) is 15.2 Å². The second-order valence-corrected chi connectivity index (χ2v) is 6.49. The fourth-order valence-electron chi connectivity index (χ4n) is 1.72. The summed E-state index contributed by atoms with van der Waals surface area (Å²) in [6, 6.07) is 0. The molecule has 0 aromatic carbocycles. The van der Waals surface area contributed by atoms with E-state index in [1.54, 1.807) is 13.8 Å². The molecular formula is C13H25NO3. The third kappa shape index (κ3) is 1.97. The topological polar surface area (TPSA) is 61.6 Å². The van der Waals surface area contributed by atoms with Crippen LogP contribution in [0.25, 0.3) is 0 Å². The predicted octanol–water partition coefficient (Wildman–Crippen LogP) is 2.21.